The lowest BCUT2D eigenvalue weighted by atomic mass is 10.1. The first-order valence-electron chi connectivity index (χ1n) is 7.17. The zero-order valence-electron chi connectivity index (χ0n) is 12.9. The predicted molar refractivity (Wildman–Crippen MR) is 89.7 cm³/mol. The molecule has 2 aromatic rings. The number of methoxy groups -OCH3 is 1. The summed E-state index contributed by atoms with van der Waals surface area (Å²) in [6.07, 6.45) is 0.575. The van der Waals surface area contributed by atoms with Crippen LogP contribution in [-0.2, 0) is 16.0 Å². The molecule has 0 bridgehead atoms. The van der Waals surface area contributed by atoms with E-state index in [0.29, 0.717) is 13.0 Å². The SMILES string of the molecule is COc1ccc(CCNC(=O)C(=O)Nc2ccc(F)c(Cl)c2)cc1. The Morgan fingerprint density at radius 3 is 2.46 bits per heavy atom. The molecule has 0 aliphatic rings. The van der Waals surface area contributed by atoms with Crippen LogP contribution in [-0.4, -0.2) is 25.5 Å². The van der Waals surface area contributed by atoms with Gasteiger partial charge in [-0.15, -0.1) is 0 Å². The second-order valence-corrected chi connectivity index (χ2v) is 5.34. The van der Waals surface area contributed by atoms with Crippen molar-refractivity contribution in [3.63, 3.8) is 0 Å². The monoisotopic (exact) mass is 350 g/mol. The number of ether oxygens (including phenoxy) is 1. The summed E-state index contributed by atoms with van der Waals surface area (Å²) in [4.78, 5) is 23.5. The van der Waals surface area contributed by atoms with Gasteiger partial charge >= 0.3 is 11.8 Å². The van der Waals surface area contributed by atoms with Gasteiger partial charge in [-0.2, -0.15) is 0 Å². The zero-order chi connectivity index (χ0) is 17.5. The average Bonchev–Trinajstić information content (AvgIpc) is 2.58. The summed E-state index contributed by atoms with van der Waals surface area (Å²) in [6.45, 7) is 0.308. The van der Waals surface area contributed by atoms with Crippen LogP contribution in [0.2, 0.25) is 5.02 Å². The van der Waals surface area contributed by atoms with Crippen LogP contribution in [0.3, 0.4) is 0 Å². The van der Waals surface area contributed by atoms with Gasteiger partial charge in [0.2, 0.25) is 0 Å². The molecule has 0 aromatic heterocycles. The largest absolute Gasteiger partial charge is 0.497 e. The first-order chi connectivity index (χ1) is 11.5. The molecular formula is C17H16ClFN2O3. The Bertz CT molecular complexity index is 735. The minimum Gasteiger partial charge on any atom is -0.497 e. The zero-order valence-corrected chi connectivity index (χ0v) is 13.7. The van der Waals surface area contributed by atoms with Gasteiger partial charge in [-0.05, 0) is 42.3 Å². The molecule has 7 heteroatoms. The molecule has 0 atom stereocenters. The Morgan fingerprint density at radius 2 is 1.83 bits per heavy atom. The van der Waals surface area contributed by atoms with Crippen LogP contribution < -0.4 is 15.4 Å². The van der Waals surface area contributed by atoms with E-state index < -0.39 is 17.6 Å². The van der Waals surface area contributed by atoms with Gasteiger partial charge in [0.25, 0.3) is 0 Å². The molecule has 0 heterocycles. The first kappa shape index (κ1) is 17.7. The van der Waals surface area contributed by atoms with Crippen molar-refractivity contribution in [3.05, 3.63) is 58.9 Å². The van der Waals surface area contributed by atoms with Gasteiger partial charge in [-0.25, -0.2) is 4.39 Å². The summed E-state index contributed by atoms with van der Waals surface area (Å²) in [7, 11) is 1.59. The van der Waals surface area contributed by atoms with Crippen LogP contribution in [0.25, 0.3) is 0 Å². The maximum atomic E-state index is 13.0. The fourth-order valence-corrected chi connectivity index (χ4v) is 2.14. The fraction of sp³-hybridized carbons (Fsp3) is 0.176. The van der Waals surface area contributed by atoms with Crippen LogP contribution in [0, 0.1) is 5.82 Å². The molecular weight excluding hydrogens is 335 g/mol. The Kier molecular flexibility index (Phi) is 6.14. The van der Waals surface area contributed by atoms with E-state index in [-0.39, 0.29) is 10.7 Å². The molecule has 0 aliphatic carbocycles. The Morgan fingerprint density at radius 1 is 1.12 bits per heavy atom. The lowest BCUT2D eigenvalue weighted by Gasteiger charge is -2.07. The summed E-state index contributed by atoms with van der Waals surface area (Å²) < 4.78 is 18.1. The number of amides is 2. The van der Waals surface area contributed by atoms with E-state index in [0.717, 1.165) is 17.4 Å². The van der Waals surface area contributed by atoms with E-state index in [1.54, 1.807) is 7.11 Å². The number of rotatable bonds is 5. The summed E-state index contributed by atoms with van der Waals surface area (Å²) in [6, 6.07) is 11.1. The summed E-state index contributed by atoms with van der Waals surface area (Å²) in [5.74, 6) is -1.46. The normalized spacial score (nSPS) is 10.1. The topological polar surface area (TPSA) is 67.4 Å². The Labute approximate surface area is 143 Å². The molecule has 2 rings (SSSR count). The fourth-order valence-electron chi connectivity index (χ4n) is 1.95. The molecule has 2 amide bonds. The van der Waals surface area contributed by atoms with E-state index in [4.69, 9.17) is 16.3 Å². The number of carbonyl (C=O) groups is 2. The smallest absolute Gasteiger partial charge is 0.313 e. The van der Waals surface area contributed by atoms with Crippen molar-refractivity contribution in [1.82, 2.24) is 5.32 Å². The van der Waals surface area contributed by atoms with Crippen LogP contribution >= 0.6 is 11.6 Å². The highest BCUT2D eigenvalue weighted by Crippen LogP contribution is 2.19. The second-order valence-electron chi connectivity index (χ2n) is 4.94. The van der Waals surface area contributed by atoms with Crippen molar-refractivity contribution in [2.45, 2.75) is 6.42 Å². The third-order valence-electron chi connectivity index (χ3n) is 3.24. The van der Waals surface area contributed by atoms with Crippen molar-refractivity contribution in [1.29, 1.82) is 0 Å². The minimum absolute atomic E-state index is 0.132. The maximum absolute atomic E-state index is 13.0. The molecule has 0 radical (unpaired) electrons. The van der Waals surface area contributed by atoms with Crippen molar-refractivity contribution in [3.8, 4) is 5.75 Å². The minimum atomic E-state index is -0.840. The number of benzene rings is 2. The summed E-state index contributed by atoms with van der Waals surface area (Å²) in [5.41, 5.74) is 1.25. The lowest BCUT2D eigenvalue weighted by Crippen LogP contribution is -2.36. The van der Waals surface area contributed by atoms with Gasteiger partial charge in [-0.3, -0.25) is 9.59 Å². The van der Waals surface area contributed by atoms with E-state index in [1.165, 1.54) is 12.1 Å². The molecule has 0 spiro atoms. The van der Waals surface area contributed by atoms with Crippen molar-refractivity contribution >= 4 is 29.1 Å². The first-order valence-corrected chi connectivity index (χ1v) is 7.54. The molecule has 0 fully saturated rings. The highest BCUT2D eigenvalue weighted by Gasteiger charge is 2.13. The van der Waals surface area contributed by atoms with Crippen LogP contribution in [0.4, 0.5) is 10.1 Å². The highest BCUT2D eigenvalue weighted by atomic mass is 35.5. The average molecular weight is 351 g/mol. The highest BCUT2D eigenvalue weighted by molar-refractivity contribution is 6.39. The van der Waals surface area contributed by atoms with Gasteiger partial charge in [-0.1, -0.05) is 23.7 Å². The lowest BCUT2D eigenvalue weighted by molar-refractivity contribution is -0.136. The number of carbonyl (C=O) groups excluding carboxylic acids is 2. The van der Waals surface area contributed by atoms with Crippen LogP contribution in [0.1, 0.15) is 5.56 Å². The van der Waals surface area contributed by atoms with Crippen LogP contribution in [0.15, 0.2) is 42.5 Å². The molecule has 5 nitrogen and oxygen atoms in total. The standard InChI is InChI=1S/C17H16ClFN2O3/c1-24-13-5-2-11(3-6-13)8-9-20-16(22)17(23)21-12-4-7-15(19)14(18)10-12/h2-7,10H,8-9H2,1H3,(H,20,22)(H,21,23). The number of anilines is 1. The summed E-state index contributed by atoms with van der Waals surface area (Å²) >= 11 is 5.61. The van der Waals surface area contributed by atoms with Gasteiger partial charge in [0, 0.05) is 12.2 Å². The number of hydrogen-bond acceptors (Lipinski definition) is 3. The third kappa shape index (κ3) is 4.96. The predicted octanol–water partition coefficient (Wildman–Crippen LogP) is 2.79. The molecule has 0 saturated heterocycles. The van der Waals surface area contributed by atoms with Gasteiger partial charge in [0.1, 0.15) is 11.6 Å². The van der Waals surface area contributed by atoms with E-state index in [2.05, 4.69) is 10.6 Å². The number of halogens is 2. The van der Waals surface area contributed by atoms with Crippen molar-refractivity contribution in [2.24, 2.45) is 0 Å². The third-order valence-corrected chi connectivity index (χ3v) is 3.53. The van der Waals surface area contributed by atoms with Crippen molar-refractivity contribution in [2.75, 3.05) is 19.0 Å². The molecule has 0 aliphatic heterocycles. The molecule has 2 N–H and O–H groups in total. The molecule has 0 unspecified atom stereocenters. The molecule has 24 heavy (non-hydrogen) atoms. The number of hydrogen-bond donors (Lipinski definition) is 2. The molecule has 126 valence electrons. The quantitative estimate of drug-likeness (QED) is 0.815. The van der Waals surface area contributed by atoms with E-state index >= 15 is 0 Å². The van der Waals surface area contributed by atoms with E-state index in [9.17, 15) is 14.0 Å². The van der Waals surface area contributed by atoms with Gasteiger partial charge in [0.05, 0.1) is 12.1 Å². The van der Waals surface area contributed by atoms with Crippen LogP contribution in [0.5, 0.6) is 5.75 Å². The second kappa shape index (κ2) is 8.31. The van der Waals surface area contributed by atoms with Gasteiger partial charge < -0.3 is 15.4 Å². The molecule has 0 saturated carbocycles. The Balaban J connectivity index is 1.80. The van der Waals surface area contributed by atoms with Gasteiger partial charge in [0.15, 0.2) is 0 Å². The number of nitrogens with one attached hydrogen (secondary N) is 2. The van der Waals surface area contributed by atoms with E-state index in [1.807, 2.05) is 24.3 Å². The maximum Gasteiger partial charge on any atom is 0.313 e. The summed E-state index contributed by atoms with van der Waals surface area (Å²) in [5, 5.41) is 4.74. The van der Waals surface area contributed by atoms with Crippen molar-refractivity contribution < 1.29 is 18.7 Å². The Hall–Kier alpha value is -2.60. The molecule has 2 aromatic carbocycles.